The second kappa shape index (κ2) is 6.74. The minimum atomic E-state index is -0.545. The molecule has 0 saturated carbocycles. The molecule has 2 heterocycles. The van der Waals surface area contributed by atoms with E-state index in [4.69, 9.17) is 10.5 Å². The Labute approximate surface area is 146 Å². The highest BCUT2D eigenvalue weighted by atomic mass is 32.1. The Balaban J connectivity index is 1.65. The predicted octanol–water partition coefficient (Wildman–Crippen LogP) is 2.50. The van der Waals surface area contributed by atoms with Crippen LogP contribution in [0, 0.1) is 6.92 Å². The Morgan fingerprint density at radius 3 is 2.79 bits per heavy atom. The number of nitrogens with two attached hydrogens (primary N) is 1. The van der Waals surface area contributed by atoms with Crippen molar-refractivity contribution in [3.63, 3.8) is 0 Å². The zero-order valence-corrected chi connectivity index (χ0v) is 14.6. The van der Waals surface area contributed by atoms with Crippen LogP contribution >= 0.6 is 22.7 Å². The normalized spacial score (nSPS) is 12.7. The number of rotatable bonds is 5. The Bertz CT molecular complexity index is 822. The highest BCUT2D eigenvalue weighted by Gasteiger charge is 2.26. The molecular weight excluding hydrogens is 348 g/mol. The highest BCUT2D eigenvalue weighted by Crippen LogP contribution is 2.38. The molecule has 126 valence electrons. The first-order chi connectivity index (χ1) is 11.5. The molecule has 0 aliphatic heterocycles. The van der Waals surface area contributed by atoms with E-state index in [9.17, 15) is 14.4 Å². The number of carbonyl (C=O) groups excluding carboxylic acids is 3. The van der Waals surface area contributed by atoms with Crippen LogP contribution in [-0.2, 0) is 22.4 Å². The van der Waals surface area contributed by atoms with Gasteiger partial charge in [0.2, 0.25) is 0 Å². The van der Waals surface area contributed by atoms with E-state index >= 15 is 0 Å². The average Bonchev–Trinajstić information content (AvgIpc) is 3.19. The summed E-state index contributed by atoms with van der Waals surface area (Å²) in [4.78, 5) is 37.2. The van der Waals surface area contributed by atoms with Crippen LogP contribution in [-0.4, -0.2) is 24.4 Å². The molecular formula is C16H16N2O4S2. The summed E-state index contributed by atoms with van der Waals surface area (Å²) in [6.45, 7) is 1.40. The lowest BCUT2D eigenvalue weighted by atomic mass is 10.1. The number of esters is 1. The Morgan fingerprint density at radius 1 is 1.33 bits per heavy atom. The molecule has 0 aromatic carbocycles. The van der Waals surface area contributed by atoms with E-state index in [0.717, 1.165) is 35.3 Å². The number of hydrogen-bond donors (Lipinski definition) is 2. The van der Waals surface area contributed by atoms with Gasteiger partial charge in [-0.1, -0.05) is 0 Å². The van der Waals surface area contributed by atoms with Gasteiger partial charge in [-0.3, -0.25) is 9.59 Å². The van der Waals surface area contributed by atoms with Crippen molar-refractivity contribution < 1.29 is 19.1 Å². The van der Waals surface area contributed by atoms with Gasteiger partial charge in [0, 0.05) is 4.88 Å². The van der Waals surface area contributed by atoms with Gasteiger partial charge in [-0.05, 0) is 48.8 Å². The lowest BCUT2D eigenvalue weighted by molar-refractivity contribution is -0.119. The van der Waals surface area contributed by atoms with E-state index < -0.39 is 24.4 Å². The molecule has 1 aliphatic rings. The second-order valence-electron chi connectivity index (χ2n) is 5.48. The molecule has 0 spiro atoms. The van der Waals surface area contributed by atoms with Gasteiger partial charge in [0.1, 0.15) is 9.88 Å². The first-order valence-corrected chi connectivity index (χ1v) is 9.12. The number of fused-ring (bicyclic) bond motifs is 1. The van der Waals surface area contributed by atoms with Gasteiger partial charge in [-0.25, -0.2) is 4.79 Å². The SMILES string of the molecule is Cc1ccsc1C(=O)OCC(=O)Nc1sc2c(c1C(N)=O)CCC2. The molecule has 6 nitrogen and oxygen atoms in total. The van der Waals surface area contributed by atoms with Crippen LogP contribution in [0.3, 0.4) is 0 Å². The number of aryl methyl sites for hydroxylation is 2. The van der Waals surface area contributed by atoms with Crippen LogP contribution in [0.2, 0.25) is 0 Å². The minimum Gasteiger partial charge on any atom is -0.451 e. The molecule has 0 radical (unpaired) electrons. The lowest BCUT2D eigenvalue weighted by Gasteiger charge is -2.07. The number of amides is 2. The van der Waals surface area contributed by atoms with E-state index in [1.807, 2.05) is 6.07 Å². The molecule has 3 N–H and O–H groups in total. The smallest absolute Gasteiger partial charge is 0.349 e. The van der Waals surface area contributed by atoms with Gasteiger partial charge in [-0.2, -0.15) is 0 Å². The van der Waals surface area contributed by atoms with Crippen LogP contribution < -0.4 is 11.1 Å². The summed E-state index contributed by atoms with van der Waals surface area (Å²) in [5.74, 6) is -1.56. The van der Waals surface area contributed by atoms with Crippen molar-refractivity contribution in [2.75, 3.05) is 11.9 Å². The van der Waals surface area contributed by atoms with Crippen molar-refractivity contribution in [1.82, 2.24) is 0 Å². The van der Waals surface area contributed by atoms with Crippen molar-refractivity contribution in [2.45, 2.75) is 26.2 Å². The number of ether oxygens (including phenoxy) is 1. The van der Waals surface area contributed by atoms with Crippen LogP contribution in [0.5, 0.6) is 0 Å². The van der Waals surface area contributed by atoms with Gasteiger partial charge in [0.15, 0.2) is 6.61 Å². The number of nitrogens with one attached hydrogen (secondary N) is 1. The summed E-state index contributed by atoms with van der Waals surface area (Å²) in [5, 5.41) is 4.88. The summed E-state index contributed by atoms with van der Waals surface area (Å²) in [6.07, 6.45) is 2.68. The zero-order valence-electron chi connectivity index (χ0n) is 13.0. The Morgan fingerprint density at radius 2 is 2.12 bits per heavy atom. The highest BCUT2D eigenvalue weighted by molar-refractivity contribution is 7.17. The first-order valence-electron chi connectivity index (χ1n) is 7.42. The molecule has 2 aromatic heterocycles. The van der Waals surface area contributed by atoms with Crippen LogP contribution in [0.4, 0.5) is 5.00 Å². The molecule has 3 rings (SSSR count). The fourth-order valence-corrected chi connectivity index (χ4v) is 4.82. The quantitative estimate of drug-likeness (QED) is 0.796. The fourth-order valence-electron chi connectivity index (χ4n) is 2.69. The number of carbonyl (C=O) groups is 3. The van der Waals surface area contributed by atoms with Crippen molar-refractivity contribution >= 4 is 45.5 Å². The van der Waals surface area contributed by atoms with E-state index in [2.05, 4.69) is 5.32 Å². The monoisotopic (exact) mass is 364 g/mol. The van der Waals surface area contributed by atoms with Crippen LogP contribution in [0.1, 0.15) is 42.5 Å². The van der Waals surface area contributed by atoms with Crippen molar-refractivity contribution in [3.8, 4) is 0 Å². The molecule has 0 bridgehead atoms. The summed E-state index contributed by atoms with van der Waals surface area (Å²) < 4.78 is 5.03. The number of anilines is 1. The standard InChI is InChI=1S/C16H16N2O4S2/c1-8-5-6-23-13(8)16(21)22-7-11(19)18-15-12(14(17)20)9-3-2-4-10(9)24-15/h5-6H,2-4,7H2,1H3,(H2,17,20)(H,18,19). The first kappa shape index (κ1) is 16.7. The van der Waals surface area contributed by atoms with E-state index in [1.165, 1.54) is 22.7 Å². The topological polar surface area (TPSA) is 98.5 Å². The molecule has 8 heteroatoms. The summed E-state index contributed by atoms with van der Waals surface area (Å²) in [6, 6.07) is 1.81. The van der Waals surface area contributed by atoms with Crippen LogP contribution in [0.15, 0.2) is 11.4 Å². The van der Waals surface area contributed by atoms with Crippen molar-refractivity contribution in [2.24, 2.45) is 5.73 Å². The molecule has 2 amide bonds. The van der Waals surface area contributed by atoms with Crippen LogP contribution in [0.25, 0.3) is 0 Å². The summed E-state index contributed by atoms with van der Waals surface area (Å²) in [7, 11) is 0. The van der Waals surface area contributed by atoms with Gasteiger partial charge in [0.25, 0.3) is 11.8 Å². The molecule has 0 saturated heterocycles. The number of hydrogen-bond acceptors (Lipinski definition) is 6. The number of thiophene rings is 2. The van der Waals surface area contributed by atoms with Gasteiger partial charge < -0.3 is 15.8 Å². The fraction of sp³-hybridized carbons (Fsp3) is 0.312. The minimum absolute atomic E-state index is 0.390. The van der Waals surface area contributed by atoms with Gasteiger partial charge >= 0.3 is 5.97 Å². The molecule has 1 aliphatic carbocycles. The van der Waals surface area contributed by atoms with Gasteiger partial charge in [-0.15, -0.1) is 22.7 Å². The Hall–Kier alpha value is -2.19. The zero-order chi connectivity index (χ0) is 17.3. The second-order valence-corrected chi connectivity index (χ2v) is 7.50. The molecule has 24 heavy (non-hydrogen) atoms. The van der Waals surface area contributed by atoms with E-state index in [0.29, 0.717) is 15.4 Å². The molecule has 0 fully saturated rings. The predicted molar refractivity (Wildman–Crippen MR) is 92.8 cm³/mol. The number of primary amides is 1. The third-order valence-corrected chi connectivity index (χ3v) is 6.01. The summed E-state index contributed by atoms with van der Waals surface area (Å²) in [5.41, 5.74) is 7.59. The van der Waals surface area contributed by atoms with Crippen molar-refractivity contribution in [1.29, 1.82) is 0 Å². The maximum Gasteiger partial charge on any atom is 0.349 e. The maximum absolute atomic E-state index is 12.0. The molecule has 0 atom stereocenters. The lowest BCUT2D eigenvalue weighted by Crippen LogP contribution is -2.22. The van der Waals surface area contributed by atoms with Crippen molar-refractivity contribution in [3.05, 3.63) is 37.9 Å². The van der Waals surface area contributed by atoms with E-state index in [1.54, 1.807) is 12.3 Å². The van der Waals surface area contributed by atoms with Gasteiger partial charge in [0.05, 0.1) is 5.56 Å². The summed E-state index contributed by atoms with van der Waals surface area (Å²) >= 11 is 2.64. The third kappa shape index (κ3) is 3.20. The Kier molecular flexibility index (Phi) is 4.68. The maximum atomic E-state index is 12.0. The average molecular weight is 364 g/mol. The van der Waals surface area contributed by atoms with E-state index in [-0.39, 0.29) is 0 Å². The largest absolute Gasteiger partial charge is 0.451 e. The molecule has 0 unspecified atom stereocenters. The third-order valence-electron chi connectivity index (χ3n) is 3.80. The molecule has 2 aromatic rings.